The van der Waals surface area contributed by atoms with Gasteiger partial charge in [0.1, 0.15) is 5.00 Å². The smallest absolute Gasteiger partial charge is 0.256 e. The molecule has 0 aliphatic carbocycles. The lowest BCUT2D eigenvalue weighted by Crippen LogP contribution is -2.15. The lowest BCUT2D eigenvalue weighted by molar-refractivity contribution is 0.101. The number of rotatable bonds is 4. The number of aromatic nitrogens is 1. The minimum Gasteiger partial charge on any atom is -0.322 e. The van der Waals surface area contributed by atoms with Crippen molar-refractivity contribution in [3.05, 3.63) is 75.4 Å². The molecule has 6 heteroatoms. The van der Waals surface area contributed by atoms with Crippen LogP contribution in [-0.4, -0.2) is 16.8 Å². The summed E-state index contributed by atoms with van der Waals surface area (Å²) in [4.78, 5) is 29.3. The second-order valence-electron chi connectivity index (χ2n) is 6.56. The molecular formula is C21H21N3O2S. The number of nitrogens with zero attached hydrogens (tertiary/aromatic N) is 1. The molecule has 0 spiro atoms. The number of anilines is 2. The Balaban J connectivity index is 1.80. The number of carbonyl (C=O) groups excluding carboxylic acids is 2. The van der Waals surface area contributed by atoms with E-state index in [-0.39, 0.29) is 11.8 Å². The molecule has 1 heterocycles. The molecule has 0 bridgehead atoms. The van der Waals surface area contributed by atoms with Crippen molar-refractivity contribution in [2.24, 2.45) is 0 Å². The van der Waals surface area contributed by atoms with E-state index in [0.29, 0.717) is 21.8 Å². The van der Waals surface area contributed by atoms with Crippen molar-refractivity contribution in [3.8, 4) is 0 Å². The van der Waals surface area contributed by atoms with E-state index in [1.165, 1.54) is 11.3 Å². The number of hydrogen-bond acceptors (Lipinski definition) is 4. The van der Waals surface area contributed by atoms with Gasteiger partial charge < -0.3 is 10.6 Å². The first-order valence-corrected chi connectivity index (χ1v) is 9.37. The minimum atomic E-state index is -0.223. The maximum Gasteiger partial charge on any atom is 0.256 e. The van der Waals surface area contributed by atoms with Gasteiger partial charge in [0.05, 0.1) is 11.2 Å². The Bertz CT molecular complexity index is 1000. The van der Waals surface area contributed by atoms with E-state index in [4.69, 9.17) is 0 Å². The molecule has 3 rings (SSSR count). The zero-order valence-corrected chi connectivity index (χ0v) is 16.5. The summed E-state index contributed by atoms with van der Waals surface area (Å²) in [6, 6.07) is 11.0. The number of nitrogens with one attached hydrogen (secondary N) is 2. The maximum atomic E-state index is 12.6. The highest BCUT2D eigenvalue weighted by Crippen LogP contribution is 2.21. The topological polar surface area (TPSA) is 71.1 Å². The van der Waals surface area contributed by atoms with Crippen LogP contribution in [0.25, 0.3) is 0 Å². The molecule has 2 aromatic carbocycles. The first-order chi connectivity index (χ1) is 12.8. The van der Waals surface area contributed by atoms with Gasteiger partial charge in [0.25, 0.3) is 11.8 Å². The van der Waals surface area contributed by atoms with Crippen LogP contribution in [0, 0.1) is 27.7 Å². The summed E-state index contributed by atoms with van der Waals surface area (Å²) in [7, 11) is 0. The van der Waals surface area contributed by atoms with Crippen molar-refractivity contribution in [2.75, 3.05) is 10.6 Å². The van der Waals surface area contributed by atoms with Gasteiger partial charge in [-0.2, -0.15) is 0 Å². The molecule has 0 saturated carbocycles. The van der Waals surface area contributed by atoms with Crippen molar-refractivity contribution < 1.29 is 9.59 Å². The first-order valence-electron chi connectivity index (χ1n) is 8.56. The van der Waals surface area contributed by atoms with Gasteiger partial charge in [-0.1, -0.05) is 23.3 Å². The van der Waals surface area contributed by atoms with Gasteiger partial charge in [-0.05, 0) is 57.5 Å². The Morgan fingerprint density at radius 1 is 0.889 bits per heavy atom. The van der Waals surface area contributed by atoms with Gasteiger partial charge >= 0.3 is 0 Å². The summed E-state index contributed by atoms with van der Waals surface area (Å²) >= 11 is 1.42. The van der Waals surface area contributed by atoms with Gasteiger partial charge in [-0.25, -0.2) is 4.98 Å². The molecular weight excluding hydrogens is 358 g/mol. The molecule has 5 nitrogen and oxygen atoms in total. The monoisotopic (exact) mass is 379 g/mol. The summed E-state index contributed by atoms with van der Waals surface area (Å²) in [5.74, 6) is -0.422. The standard InChI is InChI=1S/C21H21N3O2S/c1-12-7-13(2)9-16(8-12)20(25)23-17-6-5-14(3)18(10-17)21(26)24-19-11-22-15(4)27-19/h5-11H,1-4H3,(H,23,25)(H,24,26). The quantitative estimate of drug-likeness (QED) is 0.678. The molecule has 3 aromatic rings. The molecule has 138 valence electrons. The summed E-state index contributed by atoms with van der Waals surface area (Å²) < 4.78 is 0. The van der Waals surface area contributed by atoms with Gasteiger partial charge in [0.15, 0.2) is 0 Å². The average Bonchev–Trinajstić information content (AvgIpc) is 3.00. The number of carbonyl (C=O) groups is 2. The SMILES string of the molecule is Cc1cc(C)cc(C(=O)Nc2ccc(C)c(C(=O)Nc3cnc(C)s3)c2)c1. The number of aryl methyl sites for hydroxylation is 4. The number of amides is 2. The second kappa shape index (κ2) is 7.72. The van der Waals surface area contributed by atoms with E-state index in [1.54, 1.807) is 18.3 Å². The van der Waals surface area contributed by atoms with Crippen LogP contribution in [0.15, 0.2) is 42.6 Å². The van der Waals surface area contributed by atoms with E-state index in [1.807, 2.05) is 52.0 Å². The summed E-state index contributed by atoms with van der Waals surface area (Å²) in [5, 5.41) is 7.31. The molecule has 0 radical (unpaired) electrons. The molecule has 0 aliphatic rings. The molecule has 0 atom stereocenters. The van der Waals surface area contributed by atoms with Gasteiger partial charge in [0.2, 0.25) is 0 Å². The Kier molecular flexibility index (Phi) is 5.37. The molecule has 0 saturated heterocycles. The highest BCUT2D eigenvalue weighted by molar-refractivity contribution is 7.15. The van der Waals surface area contributed by atoms with E-state index in [0.717, 1.165) is 21.7 Å². The fraction of sp³-hybridized carbons (Fsp3) is 0.190. The van der Waals surface area contributed by atoms with Crippen LogP contribution < -0.4 is 10.6 Å². The average molecular weight is 379 g/mol. The molecule has 2 amide bonds. The van der Waals surface area contributed by atoms with Crippen molar-refractivity contribution in [1.29, 1.82) is 0 Å². The predicted octanol–water partition coefficient (Wildman–Crippen LogP) is 4.88. The number of benzene rings is 2. The second-order valence-corrected chi connectivity index (χ2v) is 7.79. The Morgan fingerprint density at radius 2 is 1.59 bits per heavy atom. The van der Waals surface area contributed by atoms with Crippen LogP contribution in [0.3, 0.4) is 0 Å². The third-order valence-corrected chi connectivity index (χ3v) is 4.91. The lowest BCUT2D eigenvalue weighted by atomic mass is 10.1. The molecule has 0 aliphatic heterocycles. The highest BCUT2D eigenvalue weighted by Gasteiger charge is 2.13. The number of hydrogen-bond donors (Lipinski definition) is 2. The van der Waals surface area contributed by atoms with Crippen LogP contribution in [0.1, 0.15) is 42.4 Å². The number of thiazole rings is 1. The van der Waals surface area contributed by atoms with Crippen molar-refractivity contribution in [3.63, 3.8) is 0 Å². The summed E-state index contributed by atoms with van der Waals surface area (Å²) in [6.07, 6.45) is 1.64. The fourth-order valence-electron chi connectivity index (χ4n) is 2.85. The molecule has 27 heavy (non-hydrogen) atoms. The van der Waals surface area contributed by atoms with E-state index in [2.05, 4.69) is 15.6 Å². The van der Waals surface area contributed by atoms with Crippen LogP contribution in [0.2, 0.25) is 0 Å². The molecule has 1 aromatic heterocycles. The zero-order chi connectivity index (χ0) is 19.6. The van der Waals surface area contributed by atoms with Gasteiger partial charge in [0, 0.05) is 16.8 Å². The minimum absolute atomic E-state index is 0.199. The van der Waals surface area contributed by atoms with E-state index in [9.17, 15) is 9.59 Å². The fourth-order valence-corrected chi connectivity index (χ4v) is 3.52. The maximum absolute atomic E-state index is 12.6. The third kappa shape index (κ3) is 4.60. The van der Waals surface area contributed by atoms with Crippen LogP contribution >= 0.6 is 11.3 Å². The van der Waals surface area contributed by atoms with Crippen molar-refractivity contribution >= 4 is 33.8 Å². The van der Waals surface area contributed by atoms with Gasteiger partial charge in [-0.3, -0.25) is 9.59 Å². The van der Waals surface area contributed by atoms with Crippen LogP contribution in [0.5, 0.6) is 0 Å². The van der Waals surface area contributed by atoms with Crippen LogP contribution in [0.4, 0.5) is 10.7 Å². The lowest BCUT2D eigenvalue weighted by Gasteiger charge is -2.11. The Hall–Kier alpha value is -2.99. The molecule has 0 fully saturated rings. The Labute approximate surface area is 162 Å². The molecule has 2 N–H and O–H groups in total. The zero-order valence-electron chi connectivity index (χ0n) is 15.7. The third-order valence-electron chi connectivity index (χ3n) is 4.08. The molecule has 0 unspecified atom stereocenters. The van der Waals surface area contributed by atoms with E-state index < -0.39 is 0 Å². The highest BCUT2D eigenvalue weighted by atomic mass is 32.1. The largest absolute Gasteiger partial charge is 0.322 e. The van der Waals surface area contributed by atoms with Crippen molar-refractivity contribution in [2.45, 2.75) is 27.7 Å². The normalized spacial score (nSPS) is 10.5. The van der Waals surface area contributed by atoms with Gasteiger partial charge in [-0.15, -0.1) is 11.3 Å². The predicted molar refractivity (Wildman–Crippen MR) is 110 cm³/mol. The van der Waals surface area contributed by atoms with Crippen molar-refractivity contribution in [1.82, 2.24) is 4.98 Å². The first kappa shape index (κ1) is 18.8. The Morgan fingerprint density at radius 3 is 2.22 bits per heavy atom. The van der Waals surface area contributed by atoms with Crippen LogP contribution in [-0.2, 0) is 0 Å². The summed E-state index contributed by atoms with van der Waals surface area (Å²) in [6.45, 7) is 7.66. The van der Waals surface area contributed by atoms with E-state index >= 15 is 0 Å². The summed E-state index contributed by atoms with van der Waals surface area (Å²) in [5.41, 5.74) is 4.58.